The van der Waals surface area contributed by atoms with Crippen LogP contribution in [0.15, 0.2) is 89.6 Å². The lowest BCUT2D eigenvalue weighted by Crippen LogP contribution is -2.38. The quantitative estimate of drug-likeness (QED) is 0.1000. The maximum atomic E-state index is 13.0. The highest BCUT2D eigenvalue weighted by Crippen LogP contribution is 2.14. The number of amides is 2. The Labute approximate surface area is 218 Å². The number of thioether (sulfide) groups is 1. The maximum Gasteiger partial charge on any atom is 0.355 e. The minimum atomic E-state index is -0.802. The van der Waals surface area contributed by atoms with Gasteiger partial charge in [0.2, 0.25) is 0 Å². The summed E-state index contributed by atoms with van der Waals surface area (Å²) in [5.41, 5.74) is 0.735. The molecule has 0 saturated carbocycles. The molecule has 2 amide bonds. The number of nitrogens with zero attached hydrogens (tertiary/aromatic N) is 1. The molecule has 10 nitrogen and oxygen atoms in total. The van der Waals surface area contributed by atoms with Gasteiger partial charge in [-0.3, -0.25) is 19.7 Å². The van der Waals surface area contributed by atoms with Crippen LogP contribution in [0.1, 0.15) is 19.4 Å². The van der Waals surface area contributed by atoms with Crippen LogP contribution in [-0.2, 0) is 25.7 Å². The van der Waals surface area contributed by atoms with Gasteiger partial charge in [-0.15, -0.1) is 18.3 Å². The highest BCUT2D eigenvalue weighted by molar-refractivity contribution is 8.02. The van der Waals surface area contributed by atoms with Crippen molar-refractivity contribution in [1.82, 2.24) is 10.6 Å². The Morgan fingerprint density at radius 2 is 1.73 bits per heavy atom. The summed E-state index contributed by atoms with van der Waals surface area (Å²) in [4.78, 5) is 48.3. The van der Waals surface area contributed by atoms with E-state index in [0.29, 0.717) is 22.6 Å². The third kappa shape index (κ3) is 10.0. The first-order valence-corrected chi connectivity index (χ1v) is 12.1. The first-order valence-electron chi connectivity index (χ1n) is 11.0. The Morgan fingerprint density at radius 3 is 2.32 bits per heavy atom. The van der Waals surface area contributed by atoms with Gasteiger partial charge in [0.25, 0.3) is 17.5 Å². The van der Waals surface area contributed by atoms with Gasteiger partial charge in [0.15, 0.2) is 6.61 Å². The Bertz CT molecular complexity index is 1190. The van der Waals surface area contributed by atoms with Crippen LogP contribution in [0.25, 0.3) is 0 Å². The molecule has 0 radical (unpaired) electrons. The molecule has 2 N–H and O–H groups in total. The number of carbonyl (C=O) groups is 3. The average molecular weight is 526 g/mol. The number of hydrogen-bond acceptors (Lipinski definition) is 8. The molecule has 0 heterocycles. The molecule has 0 unspecified atom stereocenters. The fourth-order valence-corrected chi connectivity index (χ4v) is 3.25. The molecule has 0 aliphatic rings. The molecule has 194 valence electrons. The number of carbonyl (C=O) groups excluding carboxylic acids is 3. The van der Waals surface area contributed by atoms with Gasteiger partial charge in [0.05, 0.1) is 4.92 Å². The number of nitro groups is 1. The number of benzene rings is 2. The topological polar surface area (TPSA) is 137 Å². The van der Waals surface area contributed by atoms with Crippen molar-refractivity contribution in [1.29, 1.82) is 0 Å². The molecule has 0 bridgehead atoms. The van der Waals surface area contributed by atoms with Crippen molar-refractivity contribution in [3.8, 4) is 5.75 Å². The van der Waals surface area contributed by atoms with Gasteiger partial charge < -0.3 is 20.1 Å². The van der Waals surface area contributed by atoms with Crippen LogP contribution in [0.4, 0.5) is 5.69 Å². The SMILES string of the molecule is C=CCSC=C(NC(=O)COc1ccccc1)C(=O)NC(C(=O)OCc1ccc([N+](=O)[O-])cc1)=C(C)C. The Kier molecular flexibility index (Phi) is 11.6. The summed E-state index contributed by atoms with van der Waals surface area (Å²) in [5.74, 6) is -1.11. The molecule has 11 heteroatoms. The van der Waals surface area contributed by atoms with Crippen LogP contribution in [0, 0.1) is 10.1 Å². The van der Waals surface area contributed by atoms with Gasteiger partial charge in [-0.25, -0.2) is 4.79 Å². The third-order valence-electron chi connectivity index (χ3n) is 4.51. The van der Waals surface area contributed by atoms with Gasteiger partial charge in [-0.05, 0) is 49.2 Å². The second kappa shape index (κ2) is 14.9. The first kappa shape index (κ1) is 28.9. The van der Waals surface area contributed by atoms with Gasteiger partial charge >= 0.3 is 5.97 Å². The minimum Gasteiger partial charge on any atom is -0.484 e. The molecule has 0 spiro atoms. The number of esters is 1. The standard InChI is InChI=1S/C26H27N3O7S/c1-4-14-37-17-22(27-23(30)16-35-21-8-6-5-7-9-21)25(31)28-24(18(2)3)26(32)36-15-19-10-12-20(13-11-19)29(33)34/h4-13,17H,1,14-16H2,2-3H3,(H,27,30)(H,28,31). The highest BCUT2D eigenvalue weighted by atomic mass is 32.2. The molecular formula is C26H27N3O7S. The molecule has 0 aliphatic heterocycles. The number of allylic oxidation sites excluding steroid dienone is 1. The molecule has 2 rings (SSSR count). The van der Waals surface area contributed by atoms with Crippen LogP contribution in [0.2, 0.25) is 0 Å². The van der Waals surface area contributed by atoms with Crippen LogP contribution in [0.3, 0.4) is 0 Å². The number of hydrogen-bond donors (Lipinski definition) is 2. The van der Waals surface area contributed by atoms with Crippen molar-refractivity contribution in [2.75, 3.05) is 12.4 Å². The molecule has 37 heavy (non-hydrogen) atoms. The van der Waals surface area contributed by atoms with E-state index in [4.69, 9.17) is 9.47 Å². The van der Waals surface area contributed by atoms with E-state index in [-0.39, 0.29) is 30.3 Å². The Balaban J connectivity index is 2.04. The molecule has 2 aromatic carbocycles. The number of rotatable bonds is 13. The van der Waals surface area contributed by atoms with Crippen LogP contribution in [-0.4, -0.2) is 35.1 Å². The van der Waals surface area contributed by atoms with E-state index >= 15 is 0 Å². The summed E-state index contributed by atoms with van der Waals surface area (Å²) >= 11 is 1.22. The average Bonchev–Trinajstić information content (AvgIpc) is 2.89. The van der Waals surface area contributed by atoms with Crippen molar-refractivity contribution in [2.45, 2.75) is 20.5 Å². The lowest BCUT2D eigenvalue weighted by molar-refractivity contribution is -0.384. The minimum absolute atomic E-state index is 0.0859. The largest absolute Gasteiger partial charge is 0.484 e. The second-order valence-electron chi connectivity index (χ2n) is 7.63. The van der Waals surface area contributed by atoms with Crippen molar-refractivity contribution in [3.63, 3.8) is 0 Å². The van der Waals surface area contributed by atoms with Crippen molar-refractivity contribution in [2.24, 2.45) is 0 Å². The van der Waals surface area contributed by atoms with Crippen molar-refractivity contribution >= 4 is 35.2 Å². The Hall–Kier alpha value is -4.38. The molecular weight excluding hydrogens is 498 g/mol. The highest BCUT2D eigenvalue weighted by Gasteiger charge is 2.20. The van der Waals surface area contributed by atoms with E-state index in [2.05, 4.69) is 17.2 Å². The summed E-state index contributed by atoms with van der Waals surface area (Å²) in [6.45, 7) is 6.37. The lowest BCUT2D eigenvalue weighted by atomic mass is 10.2. The normalized spacial score (nSPS) is 10.6. The van der Waals surface area contributed by atoms with Crippen molar-refractivity contribution in [3.05, 3.63) is 105 Å². The number of non-ortho nitro benzene ring substituents is 1. The monoisotopic (exact) mass is 525 g/mol. The van der Waals surface area contributed by atoms with E-state index in [0.717, 1.165) is 0 Å². The maximum absolute atomic E-state index is 13.0. The summed E-state index contributed by atoms with van der Waals surface area (Å²) in [7, 11) is 0. The molecule has 0 aromatic heterocycles. The number of nitro benzene ring substituents is 1. The van der Waals surface area contributed by atoms with E-state index in [1.54, 1.807) is 44.2 Å². The number of nitrogens with one attached hydrogen (secondary N) is 2. The van der Waals surface area contributed by atoms with Crippen LogP contribution >= 0.6 is 11.8 Å². The zero-order valence-corrected chi connectivity index (χ0v) is 21.2. The fourth-order valence-electron chi connectivity index (χ4n) is 2.69. The second-order valence-corrected chi connectivity index (χ2v) is 8.53. The lowest BCUT2D eigenvalue weighted by Gasteiger charge is -2.14. The first-order chi connectivity index (χ1) is 17.7. The zero-order chi connectivity index (χ0) is 27.2. The fraction of sp³-hybridized carbons (Fsp3) is 0.192. The smallest absolute Gasteiger partial charge is 0.355 e. The summed E-state index contributed by atoms with van der Waals surface area (Å²) < 4.78 is 10.7. The summed E-state index contributed by atoms with van der Waals surface area (Å²) in [6.07, 6.45) is 1.63. The van der Waals surface area contributed by atoms with Gasteiger partial charge in [0, 0.05) is 23.3 Å². The number of ether oxygens (including phenoxy) is 2. The zero-order valence-electron chi connectivity index (χ0n) is 20.4. The van der Waals surface area contributed by atoms with Crippen molar-refractivity contribution < 1.29 is 28.8 Å². The van der Waals surface area contributed by atoms with Gasteiger partial charge in [-0.1, -0.05) is 24.3 Å². The van der Waals surface area contributed by atoms with E-state index in [1.807, 2.05) is 6.07 Å². The predicted octanol–water partition coefficient (Wildman–Crippen LogP) is 4.00. The van der Waals surface area contributed by atoms with Gasteiger partial charge in [0.1, 0.15) is 23.8 Å². The van der Waals surface area contributed by atoms with E-state index in [1.165, 1.54) is 41.4 Å². The molecule has 0 atom stereocenters. The molecule has 0 saturated heterocycles. The molecule has 2 aromatic rings. The van der Waals surface area contributed by atoms with Crippen LogP contribution in [0.5, 0.6) is 5.75 Å². The van der Waals surface area contributed by atoms with Gasteiger partial charge in [-0.2, -0.15) is 0 Å². The number of para-hydroxylation sites is 1. The van der Waals surface area contributed by atoms with E-state index < -0.39 is 22.7 Å². The Morgan fingerprint density at radius 1 is 1.05 bits per heavy atom. The van der Waals surface area contributed by atoms with E-state index in [9.17, 15) is 24.5 Å². The van der Waals surface area contributed by atoms with Crippen LogP contribution < -0.4 is 15.4 Å². The summed E-state index contributed by atoms with van der Waals surface area (Å²) in [6, 6.07) is 14.3. The third-order valence-corrected chi connectivity index (χ3v) is 5.34. The molecule has 0 fully saturated rings. The molecule has 0 aliphatic carbocycles. The summed E-state index contributed by atoms with van der Waals surface area (Å²) in [5, 5.41) is 17.2. The predicted molar refractivity (Wildman–Crippen MR) is 140 cm³/mol.